The fourth-order valence-corrected chi connectivity index (χ4v) is 4.84. The van der Waals surface area contributed by atoms with Crippen LogP contribution in [0.4, 0.5) is 5.69 Å². The number of nitriles is 1. The van der Waals surface area contributed by atoms with Gasteiger partial charge in [0.1, 0.15) is 0 Å². The number of anilines is 1. The van der Waals surface area contributed by atoms with Crippen LogP contribution in [0.15, 0.2) is 53.1 Å². The van der Waals surface area contributed by atoms with E-state index in [0.717, 1.165) is 16.3 Å². The number of phenols is 1. The fraction of sp³-hybridized carbons (Fsp3) is 0.273. The molecule has 0 bridgehead atoms. The standard InChI is InChI=1S/C22H21N3O3S/c1-14-3-6-16(7-4-14)24-12-25-21(27)10-17(18(11-23)22(25)29-13-24)15-5-8-19(26)20(9-15)28-2/h3-9,17,26H,10,12-13H2,1-2H3/t17-/m0/s1. The highest BCUT2D eigenvalue weighted by molar-refractivity contribution is 8.03. The predicted molar refractivity (Wildman–Crippen MR) is 112 cm³/mol. The number of methoxy groups -OCH3 is 1. The average Bonchev–Trinajstić information content (AvgIpc) is 2.74. The van der Waals surface area contributed by atoms with Gasteiger partial charge in [-0.2, -0.15) is 5.26 Å². The van der Waals surface area contributed by atoms with E-state index < -0.39 is 0 Å². The zero-order chi connectivity index (χ0) is 20.5. The molecule has 0 aliphatic carbocycles. The summed E-state index contributed by atoms with van der Waals surface area (Å²) in [4.78, 5) is 16.8. The van der Waals surface area contributed by atoms with E-state index in [9.17, 15) is 15.2 Å². The van der Waals surface area contributed by atoms with Gasteiger partial charge in [0.05, 0.1) is 36.3 Å². The number of benzene rings is 2. The van der Waals surface area contributed by atoms with Crippen molar-refractivity contribution >= 4 is 23.4 Å². The van der Waals surface area contributed by atoms with Gasteiger partial charge in [-0.3, -0.25) is 9.69 Å². The van der Waals surface area contributed by atoms with Gasteiger partial charge in [0, 0.05) is 18.0 Å². The van der Waals surface area contributed by atoms with Gasteiger partial charge in [-0.25, -0.2) is 0 Å². The van der Waals surface area contributed by atoms with Crippen molar-refractivity contribution in [2.75, 3.05) is 24.6 Å². The lowest BCUT2D eigenvalue weighted by Gasteiger charge is -2.42. The van der Waals surface area contributed by atoms with Crippen molar-refractivity contribution in [3.63, 3.8) is 0 Å². The second-order valence-corrected chi connectivity index (χ2v) is 8.06. The first-order chi connectivity index (χ1) is 14.0. The molecular formula is C22H21N3O3S. The highest BCUT2D eigenvalue weighted by Crippen LogP contribution is 2.44. The second-order valence-electron chi connectivity index (χ2n) is 7.13. The third kappa shape index (κ3) is 3.52. The number of aromatic hydroxyl groups is 1. The molecule has 7 heteroatoms. The summed E-state index contributed by atoms with van der Waals surface area (Å²) >= 11 is 1.51. The first-order valence-electron chi connectivity index (χ1n) is 9.27. The molecule has 2 aliphatic heterocycles. The lowest BCUT2D eigenvalue weighted by atomic mass is 9.86. The molecule has 6 nitrogen and oxygen atoms in total. The van der Waals surface area contributed by atoms with Gasteiger partial charge in [-0.15, -0.1) is 0 Å². The van der Waals surface area contributed by atoms with Gasteiger partial charge < -0.3 is 14.7 Å². The number of phenolic OH excluding ortho intramolecular Hbond substituents is 1. The monoisotopic (exact) mass is 407 g/mol. The van der Waals surface area contributed by atoms with Crippen molar-refractivity contribution in [3.05, 3.63) is 64.2 Å². The fourth-order valence-electron chi connectivity index (χ4n) is 3.68. The van der Waals surface area contributed by atoms with Gasteiger partial charge in [0.25, 0.3) is 0 Å². The number of rotatable bonds is 3. The maximum absolute atomic E-state index is 13.0. The Kier molecular flexibility index (Phi) is 5.12. The van der Waals surface area contributed by atoms with E-state index in [4.69, 9.17) is 4.74 Å². The zero-order valence-corrected chi connectivity index (χ0v) is 17.1. The molecule has 0 saturated carbocycles. The molecule has 29 heavy (non-hydrogen) atoms. The van der Waals surface area contributed by atoms with E-state index in [1.54, 1.807) is 17.0 Å². The van der Waals surface area contributed by atoms with Gasteiger partial charge >= 0.3 is 0 Å². The number of thioether (sulfide) groups is 1. The van der Waals surface area contributed by atoms with Gasteiger partial charge in [-0.1, -0.05) is 35.5 Å². The molecule has 2 aromatic carbocycles. The van der Waals surface area contributed by atoms with Gasteiger partial charge in [-0.05, 0) is 36.8 Å². The SMILES string of the molecule is COc1cc([C@@H]2CC(=O)N3CN(c4ccc(C)cc4)CSC3=C2C#N)ccc1O. The van der Waals surface area contributed by atoms with Crippen molar-refractivity contribution in [3.8, 4) is 17.6 Å². The second kappa shape index (κ2) is 7.72. The van der Waals surface area contributed by atoms with Gasteiger partial charge in [0.15, 0.2) is 11.5 Å². The van der Waals surface area contributed by atoms with E-state index in [1.165, 1.54) is 30.5 Å². The quantitative estimate of drug-likeness (QED) is 0.831. The highest BCUT2D eigenvalue weighted by atomic mass is 32.2. The number of nitrogens with zero attached hydrogens (tertiary/aromatic N) is 3. The summed E-state index contributed by atoms with van der Waals surface area (Å²) < 4.78 is 5.19. The largest absolute Gasteiger partial charge is 0.504 e. The Morgan fingerprint density at radius 1 is 1.24 bits per heavy atom. The van der Waals surface area contributed by atoms with Crippen LogP contribution >= 0.6 is 11.8 Å². The van der Waals surface area contributed by atoms with Crippen LogP contribution < -0.4 is 9.64 Å². The summed E-state index contributed by atoms with van der Waals surface area (Å²) in [6.07, 6.45) is 0.211. The first kappa shape index (κ1) is 19.2. The van der Waals surface area contributed by atoms with E-state index in [2.05, 4.69) is 35.2 Å². The molecule has 2 aliphatic rings. The number of allylic oxidation sites excluding steroid dienone is 1. The summed E-state index contributed by atoms with van der Waals surface area (Å²) in [6, 6.07) is 15.5. The Morgan fingerprint density at radius 2 is 2.00 bits per heavy atom. The molecular weight excluding hydrogens is 386 g/mol. The summed E-state index contributed by atoms with van der Waals surface area (Å²) in [7, 11) is 1.48. The zero-order valence-electron chi connectivity index (χ0n) is 16.3. The minimum atomic E-state index is -0.341. The van der Waals surface area contributed by atoms with Crippen LogP contribution in [0.2, 0.25) is 0 Å². The Morgan fingerprint density at radius 3 is 2.69 bits per heavy atom. The van der Waals surface area contributed by atoms with Crippen LogP contribution in [-0.2, 0) is 4.79 Å². The van der Waals surface area contributed by atoms with Crippen molar-refractivity contribution < 1.29 is 14.6 Å². The van der Waals surface area contributed by atoms with E-state index in [1.807, 2.05) is 6.92 Å². The summed E-state index contributed by atoms with van der Waals surface area (Å²) in [5.74, 6) is 0.680. The third-order valence-electron chi connectivity index (χ3n) is 5.30. The highest BCUT2D eigenvalue weighted by Gasteiger charge is 2.38. The molecule has 148 valence electrons. The Balaban J connectivity index is 1.66. The van der Waals surface area contributed by atoms with E-state index >= 15 is 0 Å². The maximum Gasteiger partial charge on any atom is 0.229 e. The van der Waals surface area contributed by atoms with Gasteiger partial charge in [0.2, 0.25) is 5.91 Å². The summed E-state index contributed by atoms with van der Waals surface area (Å²) in [5.41, 5.74) is 3.62. The third-order valence-corrected chi connectivity index (χ3v) is 6.45. The Hall–Kier alpha value is -3.11. The van der Waals surface area contributed by atoms with Crippen LogP contribution in [0.3, 0.4) is 0 Å². The molecule has 1 amide bonds. The molecule has 1 atom stereocenters. The number of carbonyl (C=O) groups excluding carboxylic acids is 1. The van der Waals surface area contributed by atoms with E-state index in [0.29, 0.717) is 23.9 Å². The molecule has 0 aromatic heterocycles. The first-order valence-corrected chi connectivity index (χ1v) is 10.3. The maximum atomic E-state index is 13.0. The van der Waals surface area contributed by atoms with Crippen molar-refractivity contribution in [2.24, 2.45) is 0 Å². The number of carbonyl (C=O) groups is 1. The molecule has 0 unspecified atom stereocenters. The number of ether oxygens (including phenoxy) is 1. The summed E-state index contributed by atoms with van der Waals surface area (Å²) in [6.45, 7) is 2.47. The Bertz CT molecular complexity index is 1030. The molecule has 0 radical (unpaired) electrons. The Labute approximate surface area is 174 Å². The molecule has 2 heterocycles. The average molecular weight is 407 g/mol. The van der Waals surface area contributed by atoms with E-state index in [-0.39, 0.29) is 24.0 Å². The minimum absolute atomic E-state index is 0.0136. The topological polar surface area (TPSA) is 76.8 Å². The van der Waals surface area contributed by atoms with Crippen LogP contribution in [-0.4, -0.2) is 35.6 Å². The molecule has 0 spiro atoms. The molecule has 2 aromatic rings. The normalized spacial score (nSPS) is 19.1. The van der Waals surface area contributed by atoms with Crippen LogP contribution in [0, 0.1) is 18.3 Å². The minimum Gasteiger partial charge on any atom is -0.504 e. The number of amides is 1. The molecule has 1 fully saturated rings. The lowest BCUT2D eigenvalue weighted by molar-refractivity contribution is -0.129. The number of fused-ring (bicyclic) bond motifs is 1. The smallest absolute Gasteiger partial charge is 0.229 e. The number of hydrogen-bond acceptors (Lipinski definition) is 6. The molecule has 1 N–H and O–H groups in total. The number of hydrogen-bond donors (Lipinski definition) is 1. The molecule has 1 saturated heterocycles. The number of aryl methyl sites for hydroxylation is 1. The summed E-state index contributed by atoms with van der Waals surface area (Å²) in [5, 5.41) is 20.5. The van der Waals surface area contributed by atoms with Crippen LogP contribution in [0.1, 0.15) is 23.5 Å². The van der Waals surface area contributed by atoms with Crippen molar-refractivity contribution in [2.45, 2.75) is 19.3 Å². The lowest BCUT2D eigenvalue weighted by Crippen LogP contribution is -2.47. The van der Waals surface area contributed by atoms with Crippen molar-refractivity contribution in [1.29, 1.82) is 5.26 Å². The van der Waals surface area contributed by atoms with Crippen molar-refractivity contribution in [1.82, 2.24) is 4.90 Å². The predicted octanol–water partition coefficient (Wildman–Crippen LogP) is 3.93. The molecule has 4 rings (SSSR count). The van der Waals surface area contributed by atoms with Crippen LogP contribution in [0.5, 0.6) is 11.5 Å². The van der Waals surface area contributed by atoms with Crippen LogP contribution in [0.25, 0.3) is 0 Å².